The van der Waals surface area contributed by atoms with Gasteiger partial charge in [0.1, 0.15) is 0 Å². The minimum atomic E-state index is -0.381. The van der Waals surface area contributed by atoms with Gasteiger partial charge in [-0.15, -0.1) is 24.8 Å². The second-order valence-corrected chi connectivity index (χ2v) is 5.72. The lowest BCUT2D eigenvalue weighted by Gasteiger charge is -2.21. The Morgan fingerprint density at radius 2 is 2.00 bits per heavy atom. The van der Waals surface area contributed by atoms with Crippen LogP contribution in [0.1, 0.15) is 32.3 Å². The summed E-state index contributed by atoms with van der Waals surface area (Å²) in [5.74, 6) is -0.0220. The number of hydrogen-bond donors (Lipinski definition) is 2. The summed E-state index contributed by atoms with van der Waals surface area (Å²) in [6.07, 6.45) is 1.68. The van der Waals surface area contributed by atoms with Crippen molar-refractivity contribution in [2.45, 2.75) is 51.4 Å². The summed E-state index contributed by atoms with van der Waals surface area (Å²) in [7, 11) is 0. The van der Waals surface area contributed by atoms with Gasteiger partial charge in [0.15, 0.2) is 0 Å². The van der Waals surface area contributed by atoms with Crippen molar-refractivity contribution in [1.82, 2.24) is 10.2 Å². The van der Waals surface area contributed by atoms with Crippen molar-refractivity contribution < 1.29 is 4.79 Å². The molecule has 126 valence electrons. The van der Waals surface area contributed by atoms with Gasteiger partial charge in [-0.05, 0) is 25.3 Å². The first kappa shape index (κ1) is 21.2. The van der Waals surface area contributed by atoms with E-state index in [1.165, 1.54) is 5.56 Å². The van der Waals surface area contributed by atoms with Crippen LogP contribution in [0.25, 0.3) is 0 Å². The first-order valence-electron chi connectivity index (χ1n) is 7.44. The topological polar surface area (TPSA) is 58.4 Å². The highest BCUT2D eigenvalue weighted by Gasteiger charge is 2.30. The number of nitrogens with zero attached hydrogens (tertiary/aromatic N) is 1. The molecule has 6 heteroatoms. The van der Waals surface area contributed by atoms with Crippen LogP contribution < -0.4 is 11.1 Å². The van der Waals surface area contributed by atoms with Crippen LogP contribution in [-0.2, 0) is 11.3 Å². The highest BCUT2D eigenvalue weighted by atomic mass is 35.5. The maximum absolute atomic E-state index is 11.8. The van der Waals surface area contributed by atoms with Crippen molar-refractivity contribution in [3.05, 3.63) is 35.9 Å². The molecular formula is C16H27Cl2N3O. The van der Waals surface area contributed by atoms with Gasteiger partial charge in [-0.2, -0.15) is 0 Å². The smallest absolute Gasteiger partial charge is 0.237 e. The fourth-order valence-electron chi connectivity index (χ4n) is 2.73. The quantitative estimate of drug-likeness (QED) is 0.859. The van der Waals surface area contributed by atoms with Crippen molar-refractivity contribution >= 4 is 30.7 Å². The van der Waals surface area contributed by atoms with Crippen molar-refractivity contribution in [3.63, 3.8) is 0 Å². The highest BCUT2D eigenvalue weighted by Crippen LogP contribution is 2.20. The minimum absolute atomic E-state index is 0. The number of nitrogens with two attached hydrogens (primary N) is 1. The molecule has 4 nitrogen and oxygen atoms in total. The van der Waals surface area contributed by atoms with Gasteiger partial charge in [-0.3, -0.25) is 9.69 Å². The Balaban J connectivity index is 0.00000220. The zero-order valence-electron chi connectivity index (χ0n) is 13.2. The third-order valence-corrected chi connectivity index (χ3v) is 4.06. The summed E-state index contributed by atoms with van der Waals surface area (Å²) >= 11 is 0. The number of likely N-dealkylation sites (tertiary alicyclic amines) is 1. The Labute approximate surface area is 145 Å². The number of amides is 1. The number of halogens is 2. The van der Waals surface area contributed by atoms with E-state index in [0.29, 0.717) is 12.5 Å². The fourth-order valence-corrected chi connectivity index (χ4v) is 2.73. The lowest BCUT2D eigenvalue weighted by atomic mass is 10.1. The average molecular weight is 348 g/mol. The molecule has 1 fully saturated rings. The zero-order chi connectivity index (χ0) is 14.5. The summed E-state index contributed by atoms with van der Waals surface area (Å²) in [6.45, 7) is 5.99. The zero-order valence-corrected chi connectivity index (χ0v) is 14.8. The molecule has 1 aliphatic heterocycles. The van der Waals surface area contributed by atoms with Crippen molar-refractivity contribution in [3.8, 4) is 0 Å². The van der Waals surface area contributed by atoms with Crippen LogP contribution in [0.2, 0.25) is 0 Å². The van der Waals surface area contributed by atoms with Crippen molar-refractivity contribution in [2.24, 2.45) is 5.73 Å². The van der Waals surface area contributed by atoms with Crippen LogP contribution >= 0.6 is 24.8 Å². The van der Waals surface area contributed by atoms with Gasteiger partial charge >= 0.3 is 0 Å². The van der Waals surface area contributed by atoms with E-state index in [1.807, 2.05) is 13.0 Å². The summed E-state index contributed by atoms with van der Waals surface area (Å²) in [5, 5.41) is 3.07. The van der Waals surface area contributed by atoms with Crippen LogP contribution in [0.3, 0.4) is 0 Å². The molecule has 1 amide bonds. The number of rotatable bonds is 5. The van der Waals surface area contributed by atoms with E-state index < -0.39 is 0 Å². The van der Waals surface area contributed by atoms with Crippen LogP contribution in [0.4, 0.5) is 0 Å². The molecule has 1 aliphatic rings. The Morgan fingerprint density at radius 1 is 1.36 bits per heavy atom. The average Bonchev–Trinajstić information content (AvgIpc) is 2.79. The monoisotopic (exact) mass is 347 g/mol. The van der Waals surface area contributed by atoms with Crippen LogP contribution in [0.5, 0.6) is 0 Å². The molecule has 1 aromatic carbocycles. The van der Waals surface area contributed by atoms with E-state index in [4.69, 9.17) is 5.73 Å². The fraction of sp³-hybridized carbons (Fsp3) is 0.562. The Morgan fingerprint density at radius 3 is 2.59 bits per heavy atom. The van der Waals surface area contributed by atoms with Crippen LogP contribution in [0.15, 0.2) is 30.3 Å². The van der Waals surface area contributed by atoms with E-state index in [2.05, 4.69) is 41.4 Å². The van der Waals surface area contributed by atoms with Gasteiger partial charge < -0.3 is 11.1 Å². The molecule has 2 unspecified atom stereocenters. The predicted molar refractivity (Wildman–Crippen MR) is 95.6 cm³/mol. The molecule has 0 spiro atoms. The Hall–Kier alpha value is -0.810. The summed E-state index contributed by atoms with van der Waals surface area (Å²) in [4.78, 5) is 14.3. The lowest BCUT2D eigenvalue weighted by Crippen LogP contribution is -2.45. The first-order chi connectivity index (χ1) is 9.60. The third kappa shape index (κ3) is 5.76. The number of carbonyl (C=O) groups is 1. The highest BCUT2D eigenvalue weighted by molar-refractivity contribution is 5.85. The van der Waals surface area contributed by atoms with Crippen molar-refractivity contribution in [1.29, 1.82) is 0 Å². The van der Waals surface area contributed by atoms with Gasteiger partial charge in [0.2, 0.25) is 5.91 Å². The molecule has 1 aromatic rings. The number of nitrogens with one attached hydrogen (secondary N) is 1. The molecule has 0 bridgehead atoms. The second kappa shape index (κ2) is 10.1. The van der Waals surface area contributed by atoms with Gasteiger partial charge in [0.05, 0.1) is 6.04 Å². The van der Waals surface area contributed by atoms with E-state index in [1.54, 1.807) is 0 Å². The number of carbonyl (C=O) groups excluding carboxylic acids is 1. The van der Waals surface area contributed by atoms with Gasteiger partial charge in [-0.25, -0.2) is 0 Å². The maximum Gasteiger partial charge on any atom is 0.237 e. The molecule has 0 saturated carbocycles. The summed E-state index contributed by atoms with van der Waals surface area (Å²) in [6, 6.07) is 10.8. The van der Waals surface area contributed by atoms with E-state index in [0.717, 1.165) is 19.5 Å². The lowest BCUT2D eigenvalue weighted by molar-refractivity contribution is -0.123. The maximum atomic E-state index is 11.8. The molecule has 3 N–H and O–H groups in total. The molecular weight excluding hydrogens is 321 g/mol. The summed E-state index contributed by atoms with van der Waals surface area (Å²) in [5.41, 5.74) is 7.08. The molecule has 1 heterocycles. The van der Waals surface area contributed by atoms with E-state index in [-0.39, 0.29) is 42.8 Å². The van der Waals surface area contributed by atoms with Crippen molar-refractivity contribution in [2.75, 3.05) is 6.54 Å². The van der Waals surface area contributed by atoms with Crippen LogP contribution in [0, 0.1) is 0 Å². The minimum Gasteiger partial charge on any atom is -0.351 e. The second-order valence-electron chi connectivity index (χ2n) is 5.72. The Bertz CT molecular complexity index is 444. The molecule has 2 rings (SSSR count). The predicted octanol–water partition coefficient (Wildman–Crippen LogP) is 2.35. The molecule has 0 aliphatic carbocycles. The molecule has 0 aromatic heterocycles. The molecule has 1 saturated heterocycles. The van der Waals surface area contributed by atoms with Gasteiger partial charge in [0.25, 0.3) is 0 Å². The molecule has 3 atom stereocenters. The standard InChI is InChI=1S/C16H25N3O.2ClH/c1-3-15(17)16(20)18-14-9-12(2)19(11-14)10-13-7-5-4-6-8-13;;/h4-8,12,14-15H,3,9-11,17H2,1-2H3,(H,18,20);2*1H/t12?,14?,15-;;/m0../s1. The third-order valence-electron chi connectivity index (χ3n) is 4.06. The van der Waals surface area contributed by atoms with E-state index in [9.17, 15) is 4.79 Å². The van der Waals surface area contributed by atoms with Gasteiger partial charge in [-0.1, -0.05) is 37.3 Å². The van der Waals surface area contributed by atoms with E-state index >= 15 is 0 Å². The van der Waals surface area contributed by atoms with Crippen LogP contribution in [-0.4, -0.2) is 35.5 Å². The summed E-state index contributed by atoms with van der Waals surface area (Å²) < 4.78 is 0. The largest absolute Gasteiger partial charge is 0.351 e. The molecule has 22 heavy (non-hydrogen) atoms. The van der Waals surface area contributed by atoms with Gasteiger partial charge in [0, 0.05) is 25.2 Å². The molecule has 0 radical (unpaired) electrons. The Kier molecular flexibility index (Phi) is 9.69. The first-order valence-corrected chi connectivity index (χ1v) is 7.44. The SMILES string of the molecule is CC[C@H](N)C(=O)NC1CC(C)N(Cc2ccccc2)C1.Cl.Cl. The number of benzene rings is 1. The number of hydrogen-bond acceptors (Lipinski definition) is 3. The normalized spacial score (nSPS) is 22.3.